The van der Waals surface area contributed by atoms with Gasteiger partial charge in [0.1, 0.15) is 11.6 Å². The molecule has 0 aliphatic carbocycles. The molecule has 0 radical (unpaired) electrons. The number of methoxy groups -OCH3 is 1. The van der Waals surface area contributed by atoms with Crippen LogP contribution in [0.4, 0.5) is 10.1 Å². The molecule has 2 rings (SSSR count). The van der Waals surface area contributed by atoms with Gasteiger partial charge in [-0.25, -0.2) is 4.39 Å². The summed E-state index contributed by atoms with van der Waals surface area (Å²) in [4.78, 5) is 0. The van der Waals surface area contributed by atoms with Gasteiger partial charge in [-0.15, -0.1) is 0 Å². The number of nitrogens with one attached hydrogen (secondary N) is 1. The lowest BCUT2D eigenvalue weighted by molar-refractivity contribution is 0.409. The average Bonchev–Trinajstić information content (AvgIpc) is 2.40. The van der Waals surface area contributed by atoms with E-state index in [1.807, 2.05) is 39.0 Å². The monoisotopic (exact) mass is 273 g/mol. The Kier molecular flexibility index (Phi) is 4.28. The largest absolute Gasteiger partial charge is 0.496 e. The van der Waals surface area contributed by atoms with E-state index in [4.69, 9.17) is 4.74 Å². The molecule has 0 unspecified atom stereocenters. The molecule has 0 aliphatic rings. The van der Waals surface area contributed by atoms with Crippen molar-refractivity contribution in [3.05, 3.63) is 58.4 Å². The van der Waals surface area contributed by atoms with Gasteiger partial charge in [-0.1, -0.05) is 12.1 Å². The minimum absolute atomic E-state index is 0.195. The van der Waals surface area contributed by atoms with Gasteiger partial charge in [-0.2, -0.15) is 0 Å². The van der Waals surface area contributed by atoms with E-state index in [9.17, 15) is 4.39 Å². The van der Waals surface area contributed by atoms with Crippen molar-refractivity contribution < 1.29 is 9.13 Å². The van der Waals surface area contributed by atoms with Gasteiger partial charge in [0.2, 0.25) is 0 Å². The number of halogens is 1. The summed E-state index contributed by atoms with van der Waals surface area (Å²) < 4.78 is 18.5. The molecule has 0 atom stereocenters. The van der Waals surface area contributed by atoms with Gasteiger partial charge in [-0.05, 0) is 55.7 Å². The highest BCUT2D eigenvalue weighted by molar-refractivity contribution is 5.59. The van der Waals surface area contributed by atoms with Crippen molar-refractivity contribution in [3.63, 3.8) is 0 Å². The summed E-state index contributed by atoms with van der Waals surface area (Å²) in [7, 11) is 1.68. The predicted molar refractivity (Wildman–Crippen MR) is 80.9 cm³/mol. The van der Waals surface area contributed by atoms with Gasteiger partial charge in [0.25, 0.3) is 0 Å². The zero-order chi connectivity index (χ0) is 14.7. The lowest BCUT2D eigenvalue weighted by Gasteiger charge is -2.15. The van der Waals surface area contributed by atoms with Crippen LogP contribution in [0, 0.1) is 26.6 Å². The molecule has 1 N–H and O–H groups in total. The fraction of sp³-hybridized carbons (Fsp3) is 0.294. The summed E-state index contributed by atoms with van der Waals surface area (Å²) in [5.41, 5.74) is 5.29. The standard InChI is InChI=1S/C17H20FNO/c1-11-5-8-16(13(3)17(11)20-4)19-10-14-6-7-15(18)9-12(14)2/h5-9,19H,10H2,1-4H3. The molecule has 2 nitrogen and oxygen atoms in total. The first-order valence-corrected chi connectivity index (χ1v) is 6.66. The van der Waals surface area contributed by atoms with Crippen molar-refractivity contribution in [3.8, 4) is 5.75 Å². The lowest BCUT2D eigenvalue weighted by Crippen LogP contribution is -2.04. The van der Waals surface area contributed by atoms with Gasteiger partial charge in [-0.3, -0.25) is 0 Å². The van der Waals surface area contributed by atoms with Gasteiger partial charge in [0.15, 0.2) is 0 Å². The molecule has 0 bridgehead atoms. The summed E-state index contributed by atoms with van der Waals surface area (Å²) in [6.45, 7) is 6.65. The van der Waals surface area contributed by atoms with Crippen LogP contribution in [-0.2, 0) is 6.54 Å². The Hall–Kier alpha value is -2.03. The minimum Gasteiger partial charge on any atom is -0.496 e. The maximum atomic E-state index is 13.1. The summed E-state index contributed by atoms with van der Waals surface area (Å²) in [5, 5.41) is 3.39. The van der Waals surface area contributed by atoms with E-state index in [0.717, 1.165) is 33.7 Å². The molecule has 0 spiro atoms. The van der Waals surface area contributed by atoms with Crippen LogP contribution in [0.25, 0.3) is 0 Å². The lowest BCUT2D eigenvalue weighted by atomic mass is 10.1. The van der Waals surface area contributed by atoms with E-state index < -0.39 is 0 Å². The van der Waals surface area contributed by atoms with Crippen LogP contribution in [0.15, 0.2) is 30.3 Å². The fourth-order valence-corrected chi connectivity index (χ4v) is 2.38. The third kappa shape index (κ3) is 2.93. The van der Waals surface area contributed by atoms with Crippen molar-refractivity contribution in [2.24, 2.45) is 0 Å². The van der Waals surface area contributed by atoms with E-state index >= 15 is 0 Å². The Balaban J connectivity index is 2.19. The van der Waals surface area contributed by atoms with Crippen molar-refractivity contribution in [2.45, 2.75) is 27.3 Å². The third-order valence-electron chi connectivity index (χ3n) is 3.58. The number of ether oxygens (including phenoxy) is 1. The van der Waals surface area contributed by atoms with Crippen LogP contribution >= 0.6 is 0 Å². The van der Waals surface area contributed by atoms with E-state index in [2.05, 4.69) is 5.32 Å². The molecule has 0 fully saturated rings. The quantitative estimate of drug-likeness (QED) is 0.893. The number of hydrogen-bond acceptors (Lipinski definition) is 2. The Labute approximate surface area is 119 Å². The first-order chi connectivity index (χ1) is 9.52. The average molecular weight is 273 g/mol. The van der Waals surface area contributed by atoms with Crippen LogP contribution in [0.2, 0.25) is 0 Å². The van der Waals surface area contributed by atoms with Crippen LogP contribution in [-0.4, -0.2) is 7.11 Å². The summed E-state index contributed by atoms with van der Waals surface area (Å²) in [6, 6.07) is 8.95. The Morgan fingerprint density at radius 3 is 2.45 bits per heavy atom. The van der Waals surface area contributed by atoms with E-state index in [0.29, 0.717) is 6.54 Å². The molecule has 2 aromatic rings. The second-order valence-electron chi connectivity index (χ2n) is 5.01. The number of rotatable bonds is 4. The zero-order valence-corrected chi connectivity index (χ0v) is 12.4. The maximum absolute atomic E-state index is 13.1. The zero-order valence-electron chi connectivity index (χ0n) is 12.4. The highest BCUT2D eigenvalue weighted by Gasteiger charge is 2.08. The molecule has 0 aliphatic heterocycles. The molecule has 0 saturated carbocycles. The molecule has 0 saturated heterocycles. The second-order valence-corrected chi connectivity index (χ2v) is 5.01. The van der Waals surface area contributed by atoms with Crippen molar-refractivity contribution in [2.75, 3.05) is 12.4 Å². The van der Waals surface area contributed by atoms with Gasteiger partial charge in [0.05, 0.1) is 7.11 Å². The van der Waals surface area contributed by atoms with Crippen molar-refractivity contribution >= 4 is 5.69 Å². The first-order valence-electron chi connectivity index (χ1n) is 6.66. The number of hydrogen-bond donors (Lipinski definition) is 1. The minimum atomic E-state index is -0.195. The number of benzene rings is 2. The SMILES string of the molecule is COc1c(C)ccc(NCc2ccc(F)cc2C)c1C. The molecule has 0 aromatic heterocycles. The van der Waals surface area contributed by atoms with Crippen LogP contribution in [0.5, 0.6) is 5.75 Å². The highest BCUT2D eigenvalue weighted by atomic mass is 19.1. The topological polar surface area (TPSA) is 21.3 Å². The van der Waals surface area contributed by atoms with E-state index in [1.165, 1.54) is 6.07 Å². The van der Waals surface area contributed by atoms with Crippen molar-refractivity contribution in [1.29, 1.82) is 0 Å². The van der Waals surface area contributed by atoms with E-state index in [1.54, 1.807) is 13.2 Å². The van der Waals surface area contributed by atoms with Crippen molar-refractivity contribution in [1.82, 2.24) is 0 Å². The molecule has 2 aromatic carbocycles. The summed E-state index contributed by atoms with van der Waals surface area (Å²) in [6.07, 6.45) is 0. The van der Waals surface area contributed by atoms with Gasteiger partial charge in [0, 0.05) is 17.8 Å². The smallest absolute Gasteiger partial charge is 0.126 e. The van der Waals surface area contributed by atoms with Crippen LogP contribution < -0.4 is 10.1 Å². The number of aryl methyl sites for hydroxylation is 2. The normalized spacial score (nSPS) is 10.4. The molecular formula is C17H20FNO. The molecule has 3 heteroatoms. The highest BCUT2D eigenvalue weighted by Crippen LogP contribution is 2.29. The molecule has 20 heavy (non-hydrogen) atoms. The van der Waals surface area contributed by atoms with Crippen LogP contribution in [0.3, 0.4) is 0 Å². The maximum Gasteiger partial charge on any atom is 0.126 e. The second kappa shape index (κ2) is 5.95. The summed E-state index contributed by atoms with van der Waals surface area (Å²) >= 11 is 0. The summed E-state index contributed by atoms with van der Waals surface area (Å²) in [5.74, 6) is 0.713. The molecule has 0 heterocycles. The molecule has 0 amide bonds. The Bertz CT molecular complexity index is 623. The Morgan fingerprint density at radius 2 is 1.80 bits per heavy atom. The van der Waals surface area contributed by atoms with E-state index in [-0.39, 0.29) is 5.82 Å². The first kappa shape index (κ1) is 14.4. The third-order valence-corrected chi connectivity index (χ3v) is 3.58. The van der Waals surface area contributed by atoms with Crippen LogP contribution in [0.1, 0.15) is 22.3 Å². The Morgan fingerprint density at radius 1 is 1.05 bits per heavy atom. The number of anilines is 1. The van der Waals surface area contributed by atoms with Gasteiger partial charge >= 0.3 is 0 Å². The fourth-order valence-electron chi connectivity index (χ4n) is 2.38. The predicted octanol–water partition coefficient (Wildman–Crippen LogP) is 4.37. The molecule has 106 valence electrons. The molecular weight excluding hydrogens is 253 g/mol. The van der Waals surface area contributed by atoms with Gasteiger partial charge < -0.3 is 10.1 Å².